The number of hydrogen-bond acceptors (Lipinski definition) is 2. The van der Waals surface area contributed by atoms with Crippen LogP contribution in [0.1, 0.15) is 11.1 Å². The second-order valence-corrected chi connectivity index (χ2v) is 3.08. The monoisotopic (exact) mass is 175 g/mol. The predicted octanol–water partition coefficient (Wildman–Crippen LogP) is 1.59. The lowest BCUT2D eigenvalue weighted by molar-refractivity contribution is 0.358. The van der Waals surface area contributed by atoms with Gasteiger partial charge in [-0.15, -0.1) is 0 Å². The maximum Gasteiger partial charge on any atom is 0.127 e. The lowest BCUT2D eigenvalue weighted by atomic mass is 10.0. The summed E-state index contributed by atoms with van der Waals surface area (Å²) in [6.45, 7) is 1.36. The standard InChI is InChI=1S/C11H13NO/c12-7-6-9-3-1-5-11-10(9)4-2-8-13-11/h1-5H,6-8,12H2. The average Bonchev–Trinajstić information content (AvgIpc) is 2.19. The highest BCUT2D eigenvalue weighted by molar-refractivity contribution is 5.63. The molecule has 0 fully saturated rings. The van der Waals surface area contributed by atoms with Crippen LogP contribution in [0.4, 0.5) is 0 Å². The molecule has 1 aromatic carbocycles. The van der Waals surface area contributed by atoms with Crippen molar-refractivity contribution >= 4 is 6.08 Å². The summed E-state index contributed by atoms with van der Waals surface area (Å²) in [5, 5.41) is 0. The van der Waals surface area contributed by atoms with E-state index in [4.69, 9.17) is 10.5 Å². The molecular formula is C11H13NO. The Labute approximate surface area is 78.0 Å². The lowest BCUT2D eigenvalue weighted by Crippen LogP contribution is -2.07. The van der Waals surface area contributed by atoms with Gasteiger partial charge in [0, 0.05) is 5.56 Å². The molecule has 1 aliphatic heterocycles. The van der Waals surface area contributed by atoms with E-state index in [9.17, 15) is 0 Å². The van der Waals surface area contributed by atoms with Crippen molar-refractivity contribution in [3.63, 3.8) is 0 Å². The zero-order chi connectivity index (χ0) is 9.10. The fourth-order valence-corrected chi connectivity index (χ4v) is 1.58. The Hall–Kier alpha value is -1.28. The van der Waals surface area contributed by atoms with Crippen molar-refractivity contribution in [2.45, 2.75) is 6.42 Å². The Kier molecular flexibility index (Phi) is 2.32. The van der Waals surface area contributed by atoms with Crippen molar-refractivity contribution in [1.82, 2.24) is 0 Å². The van der Waals surface area contributed by atoms with Crippen LogP contribution in [0.3, 0.4) is 0 Å². The van der Waals surface area contributed by atoms with Gasteiger partial charge in [-0.25, -0.2) is 0 Å². The predicted molar refractivity (Wildman–Crippen MR) is 53.7 cm³/mol. The van der Waals surface area contributed by atoms with Gasteiger partial charge >= 0.3 is 0 Å². The van der Waals surface area contributed by atoms with Crippen LogP contribution in [0.25, 0.3) is 6.08 Å². The largest absolute Gasteiger partial charge is 0.489 e. The summed E-state index contributed by atoms with van der Waals surface area (Å²) in [7, 11) is 0. The maximum absolute atomic E-state index is 5.53. The smallest absolute Gasteiger partial charge is 0.127 e. The molecular weight excluding hydrogens is 162 g/mol. The number of nitrogens with two attached hydrogens (primary N) is 1. The third-order valence-corrected chi connectivity index (χ3v) is 2.19. The van der Waals surface area contributed by atoms with Crippen LogP contribution in [0.15, 0.2) is 24.3 Å². The van der Waals surface area contributed by atoms with E-state index in [0.29, 0.717) is 13.2 Å². The van der Waals surface area contributed by atoms with Gasteiger partial charge in [-0.05, 0) is 30.7 Å². The maximum atomic E-state index is 5.53. The highest BCUT2D eigenvalue weighted by atomic mass is 16.5. The van der Waals surface area contributed by atoms with Gasteiger partial charge in [0.15, 0.2) is 0 Å². The summed E-state index contributed by atoms with van der Waals surface area (Å²) < 4.78 is 5.48. The van der Waals surface area contributed by atoms with E-state index in [2.05, 4.69) is 12.1 Å². The van der Waals surface area contributed by atoms with Crippen LogP contribution in [0.5, 0.6) is 5.75 Å². The molecule has 2 heteroatoms. The molecule has 0 atom stereocenters. The van der Waals surface area contributed by atoms with E-state index in [1.54, 1.807) is 0 Å². The summed E-state index contributed by atoms with van der Waals surface area (Å²) in [4.78, 5) is 0. The molecule has 0 unspecified atom stereocenters. The molecule has 68 valence electrons. The first kappa shape index (κ1) is 8.32. The van der Waals surface area contributed by atoms with Crippen molar-refractivity contribution in [3.05, 3.63) is 35.4 Å². The number of benzene rings is 1. The summed E-state index contributed by atoms with van der Waals surface area (Å²) in [5.74, 6) is 0.980. The van der Waals surface area contributed by atoms with Crippen LogP contribution in [0.2, 0.25) is 0 Å². The zero-order valence-electron chi connectivity index (χ0n) is 7.49. The first-order valence-corrected chi connectivity index (χ1v) is 4.53. The fraction of sp³-hybridized carbons (Fsp3) is 0.273. The molecule has 0 amide bonds. The zero-order valence-corrected chi connectivity index (χ0v) is 7.49. The van der Waals surface area contributed by atoms with E-state index in [1.807, 2.05) is 18.2 Å². The highest BCUT2D eigenvalue weighted by Gasteiger charge is 2.08. The quantitative estimate of drug-likeness (QED) is 0.740. The molecule has 0 saturated heterocycles. The van der Waals surface area contributed by atoms with Crippen molar-refractivity contribution in [2.24, 2.45) is 5.73 Å². The summed E-state index contributed by atoms with van der Waals surface area (Å²) >= 11 is 0. The summed E-state index contributed by atoms with van der Waals surface area (Å²) in [6.07, 6.45) is 5.06. The minimum atomic E-state index is 0.680. The van der Waals surface area contributed by atoms with E-state index in [1.165, 1.54) is 11.1 Å². The van der Waals surface area contributed by atoms with Gasteiger partial charge in [-0.1, -0.05) is 18.2 Å². The van der Waals surface area contributed by atoms with Crippen LogP contribution in [-0.4, -0.2) is 13.2 Å². The molecule has 1 heterocycles. The highest BCUT2D eigenvalue weighted by Crippen LogP contribution is 2.26. The Bertz CT molecular complexity index is 331. The average molecular weight is 175 g/mol. The number of fused-ring (bicyclic) bond motifs is 1. The van der Waals surface area contributed by atoms with E-state index < -0.39 is 0 Å². The van der Waals surface area contributed by atoms with Gasteiger partial charge in [0.2, 0.25) is 0 Å². The molecule has 1 aromatic rings. The van der Waals surface area contributed by atoms with Gasteiger partial charge in [-0.3, -0.25) is 0 Å². The van der Waals surface area contributed by atoms with Crippen molar-refractivity contribution in [3.8, 4) is 5.75 Å². The number of ether oxygens (including phenoxy) is 1. The van der Waals surface area contributed by atoms with Gasteiger partial charge in [0.25, 0.3) is 0 Å². The third kappa shape index (κ3) is 1.58. The minimum absolute atomic E-state index is 0.680. The van der Waals surface area contributed by atoms with Crippen molar-refractivity contribution in [2.75, 3.05) is 13.2 Å². The van der Waals surface area contributed by atoms with Crippen molar-refractivity contribution in [1.29, 1.82) is 0 Å². The molecule has 0 radical (unpaired) electrons. The molecule has 0 spiro atoms. The van der Waals surface area contributed by atoms with Gasteiger partial charge < -0.3 is 10.5 Å². The molecule has 13 heavy (non-hydrogen) atoms. The minimum Gasteiger partial charge on any atom is -0.489 e. The summed E-state index contributed by atoms with van der Waals surface area (Å²) in [6, 6.07) is 6.12. The van der Waals surface area contributed by atoms with Crippen LogP contribution >= 0.6 is 0 Å². The van der Waals surface area contributed by atoms with Crippen molar-refractivity contribution < 1.29 is 4.74 Å². The SMILES string of the molecule is NCCc1cccc2c1C=CCO2. The normalized spacial score (nSPS) is 13.6. The number of hydrogen-bond donors (Lipinski definition) is 1. The number of rotatable bonds is 2. The van der Waals surface area contributed by atoms with Crippen LogP contribution in [0, 0.1) is 0 Å². The molecule has 2 N–H and O–H groups in total. The first-order valence-electron chi connectivity index (χ1n) is 4.53. The molecule has 0 aliphatic carbocycles. The van der Waals surface area contributed by atoms with E-state index >= 15 is 0 Å². The van der Waals surface area contributed by atoms with Gasteiger partial charge in [0.1, 0.15) is 12.4 Å². The molecule has 2 nitrogen and oxygen atoms in total. The van der Waals surface area contributed by atoms with E-state index in [0.717, 1.165) is 12.2 Å². The lowest BCUT2D eigenvalue weighted by Gasteiger charge is -2.15. The third-order valence-electron chi connectivity index (χ3n) is 2.19. The Morgan fingerprint density at radius 2 is 2.31 bits per heavy atom. The first-order chi connectivity index (χ1) is 6.42. The Morgan fingerprint density at radius 1 is 1.38 bits per heavy atom. The second kappa shape index (κ2) is 3.62. The fourth-order valence-electron chi connectivity index (χ4n) is 1.58. The molecule has 2 rings (SSSR count). The van der Waals surface area contributed by atoms with Gasteiger partial charge in [0.05, 0.1) is 0 Å². The Balaban J connectivity index is 2.42. The topological polar surface area (TPSA) is 35.2 Å². The molecule has 0 saturated carbocycles. The van der Waals surface area contributed by atoms with Crippen LogP contribution in [-0.2, 0) is 6.42 Å². The molecule has 1 aliphatic rings. The molecule has 0 aromatic heterocycles. The van der Waals surface area contributed by atoms with E-state index in [-0.39, 0.29) is 0 Å². The van der Waals surface area contributed by atoms with Crippen LogP contribution < -0.4 is 10.5 Å². The summed E-state index contributed by atoms with van der Waals surface area (Å²) in [5.41, 5.74) is 8.00. The molecule has 0 bridgehead atoms. The Morgan fingerprint density at radius 3 is 3.15 bits per heavy atom. The second-order valence-electron chi connectivity index (χ2n) is 3.08. The van der Waals surface area contributed by atoms with Gasteiger partial charge in [-0.2, -0.15) is 0 Å².